The van der Waals surface area contributed by atoms with Gasteiger partial charge in [-0.05, 0) is 147 Å². The number of aliphatic hydroxyl groups excluding tert-OH is 1. The van der Waals surface area contributed by atoms with Crippen molar-refractivity contribution >= 4 is 5.91 Å². The first-order valence-electron chi connectivity index (χ1n) is 16.7. The zero-order valence-electron chi connectivity index (χ0n) is 26.3. The second-order valence-corrected chi connectivity index (χ2v) is 16.3. The third-order valence-corrected chi connectivity index (χ3v) is 14.3. The molecule has 4 heteroatoms. The summed E-state index contributed by atoms with van der Waals surface area (Å²) in [6, 6.07) is 7.34. The number of fused-ring (bicyclic) bond motifs is 7. The fourth-order valence-electron chi connectivity index (χ4n) is 12.4. The monoisotopic (exact) mass is 561 g/mol. The number of aliphatic hydroxyl groups is 1. The molecule has 1 amide bonds. The highest BCUT2D eigenvalue weighted by Gasteiger charge is 2.68. The van der Waals surface area contributed by atoms with E-state index in [0.717, 1.165) is 44.1 Å². The minimum atomic E-state index is -0.263. The summed E-state index contributed by atoms with van der Waals surface area (Å²) in [5.41, 5.74) is 2.75. The zero-order chi connectivity index (χ0) is 29.4. The summed E-state index contributed by atoms with van der Waals surface area (Å²) < 4.78 is 0. The Morgan fingerprint density at radius 2 is 1.59 bits per heavy atom. The van der Waals surface area contributed by atoms with Crippen molar-refractivity contribution in [1.82, 2.24) is 5.32 Å². The van der Waals surface area contributed by atoms with Crippen LogP contribution in [0.1, 0.15) is 104 Å². The molecule has 0 heterocycles. The van der Waals surface area contributed by atoms with Crippen molar-refractivity contribution in [1.29, 1.82) is 0 Å². The highest BCUT2D eigenvalue weighted by Crippen LogP contribution is 2.73. The van der Waals surface area contributed by atoms with Gasteiger partial charge >= 0.3 is 0 Å². The lowest BCUT2D eigenvalue weighted by molar-refractivity contribution is -0.216. The fraction of sp³-hybridized carbons (Fsp3) is 0.757. The van der Waals surface area contributed by atoms with Gasteiger partial charge in [-0.2, -0.15) is 0 Å². The van der Waals surface area contributed by atoms with Crippen LogP contribution >= 0.6 is 0 Å². The first-order valence-corrected chi connectivity index (χ1v) is 16.7. The van der Waals surface area contributed by atoms with Crippen molar-refractivity contribution in [3.63, 3.8) is 0 Å². The van der Waals surface area contributed by atoms with Crippen LogP contribution in [0.15, 0.2) is 36.4 Å². The summed E-state index contributed by atoms with van der Waals surface area (Å²) in [5, 5.41) is 24.0. The van der Waals surface area contributed by atoms with Gasteiger partial charge in [-0.3, -0.25) is 4.79 Å². The Balaban J connectivity index is 1.25. The normalized spacial score (nSPS) is 44.6. The molecule has 5 aliphatic carbocycles. The summed E-state index contributed by atoms with van der Waals surface area (Å²) in [5.74, 6) is 3.99. The molecule has 10 atom stereocenters. The molecule has 0 spiro atoms. The van der Waals surface area contributed by atoms with E-state index in [0.29, 0.717) is 52.9 Å². The topological polar surface area (TPSA) is 69.6 Å². The van der Waals surface area contributed by atoms with Crippen LogP contribution in [0.4, 0.5) is 0 Å². The number of phenols is 1. The molecule has 5 aliphatic rings. The van der Waals surface area contributed by atoms with Crippen LogP contribution in [-0.2, 0) is 11.2 Å². The molecule has 0 bridgehead atoms. The van der Waals surface area contributed by atoms with E-state index in [2.05, 4.69) is 46.5 Å². The summed E-state index contributed by atoms with van der Waals surface area (Å²) in [7, 11) is 0. The van der Waals surface area contributed by atoms with E-state index in [4.69, 9.17) is 0 Å². The highest BCUT2D eigenvalue weighted by molar-refractivity contribution is 5.83. The molecule has 226 valence electrons. The van der Waals surface area contributed by atoms with E-state index in [-0.39, 0.29) is 28.6 Å². The van der Waals surface area contributed by atoms with Crippen molar-refractivity contribution in [2.45, 2.75) is 111 Å². The third kappa shape index (κ3) is 4.35. The number of phenolic OH excluding ortho intramolecular Hbond substituents is 1. The average molecular weight is 562 g/mol. The molecule has 41 heavy (non-hydrogen) atoms. The smallest absolute Gasteiger partial charge is 0.226 e. The lowest BCUT2D eigenvalue weighted by atomic mass is 9.36. The van der Waals surface area contributed by atoms with Gasteiger partial charge in [-0.25, -0.2) is 0 Å². The number of aromatic hydroxyl groups is 1. The Labute approximate surface area is 248 Å². The largest absolute Gasteiger partial charge is 0.508 e. The maximum absolute atomic E-state index is 14.2. The molecule has 6 rings (SSSR count). The second kappa shape index (κ2) is 10.1. The van der Waals surface area contributed by atoms with E-state index in [1.807, 2.05) is 12.1 Å². The Bertz CT molecular complexity index is 1170. The number of allylic oxidation sites excluding steroid dienone is 1. The van der Waals surface area contributed by atoms with Crippen LogP contribution in [0.2, 0.25) is 0 Å². The van der Waals surface area contributed by atoms with Crippen LogP contribution in [0.3, 0.4) is 0 Å². The van der Waals surface area contributed by atoms with Gasteiger partial charge in [0.2, 0.25) is 5.91 Å². The SMILES string of the molecule is C=C(C)C1CCC2(C(=O)NCCc3ccc(O)cc3)CCC3C(CCC4C3(C)CCC3C(C)(C)C(O)CCC34C)C12. The second-order valence-electron chi connectivity index (χ2n) is 16.3. The molecular weight excluding hydrogens is 506 g/mol. The minimum Gasteiger partial charge on any atom is -0.508 e. The van der Waals surface area contributed by atoms with Gasteiger partial charge < -0.3 is 15.5 Å². The molecule has 0 saturated heterocycles. The van der Waals surface area contributed by atoms with Crippen molar-refractivity contribution in [2.24, 2.45) is 57.2 Å². The van der Waals surface area contributed by atoms with Crippen molar-refractivity contribution in [2.75, 3.05) is 6.54 Å². The summed E-state index contributed by atoms with van der Waals surface area (Å²) >= 11 is 0. The lowest BCUT2D eigenvalue weighted by Crippen LogP contribution is -2.64. The molecule has 0 aliphatic heterocycles. The Morgan fingerprint density at radius 1 is 0.902 bits per heavy atom. The number of benzene rings is 1. The summed E-state index contributed by atoms with van der Waals surface area (Å²) in [6.07, 6.45) is 12.0. The van der Waals surface area contributed by atoms with Crippen LogP contribution in [-0.4, -0.2) is 28.8 Å². The van der Waals surface area contributed by atoms with E-state index in [1.54, 1.807) is 12.1 Å². The lowest BCUT2D eigenvalue weighted by Gasteiger charge is -2.69. The molecule has 10 unspecified atom stereocenters. The zero-order valence-corrected chi connectivity index (χ0v) is 26.3. The molecule has 4 nitrogen and oxygen atoms in total. The number of amides is 1. The van der Waals surface area contributed by atoms with E-state index in [9.17, 15) is 15.0 Å². The molecule has 5 fully saturated rings. The van der Waals surface area contributed by atoms with E-state index in [1.165, 1.54) is 37.7 Å². The Hall–Kier alpha value is -1.81. The van der Waals surface area contributed by atoms with Crippen LogP contribution in [0.5, 0.6) is 5.75 Å². The van der Waals surface area contributed by atoms with Crippen molar-refractivity contribution in [3.05, 3.63) is 42.0 Å². The van der Waals surface area contributed by atoms with Crippen molar-refractivity contribution in [3.8, 4) is 5.75 Å². The van der Waals surface area contributed by atoms with Gasteiger partial charge in [0.1, 0.15) is 5.75 Å². The fourth-order valence-corrected chi connectivity index (χ4v) is 12.4. The molecule has 0 radical (unpaired) electrons. The quantitative estimate of drug-likeness (QED) is 0.323. The Morgan fingerprint density at radius 3 is 2.29 bits per heavy atom. The van der Waals surface area contributed by atoms with Gasteiger partial charge in [-0.15, -0.1) is 0 Å². The minimum absolute atomic E-state index is 0.0123. The first kappa shape index (κ1) is 29.3. The average Bonchev–Trinajstić information content (AvgIpc) is 3.34. The number of carbonyl (C=O) groups excluding carboxylic acids is 1. The van der Waals surface area contributed by atoms with Crippen LogP contribution in [0.25, 0.3) is 0 Å². The predicted octanol–water partition coefficient (Wildman–Crippen LogP) is 7.68. The first-order chi connectivity index (χ1) is 19.3. The number of hydrogen-bond donors (Lipinski definition) is 3. The molecular formula is C37H55NO3. The van der Waals surface area contributed by atoms with Crippen molar-refractivity contribution < 1.29 is 15.0 Å². The molecule has 1 aromatic rings. The summed E-state index contributed by atoms with van der Waals surface area (Å²) in [4.78, 5) is 14.2. The van der Waals surface area contributed by atoms with Gasteiger partial charge in [0.25, 0.3) is 0 Å². The molecule has 3 N–H and O–H groups in total. The number of rotatable bonds is 5. The highest BCUT2D eigenvalue weighted by atomic mass is 16.3. The Kier molecular flexibility index (Phi) is 7.24. The van der Waals surface area contributed by atoms with E-state index < -0.39 is 0 Å². The van der Waals surface area contributed by atoms with Gasteiger partial charge in [0.05, 0.1) is 11.5 Å². The standard InChI is InChI=1S/C37H55NO3/c1-23(2)26-13-20-37(33(41)38-22-17-24-7-9-25(39)10-8-24)21-14-28-27(32(26)37)11-12-30-35(28,5)18-15-29-34(3,4)31(40)16-19-36(29,30)6/h7-10,26-32,39-40H,1,11-22H2,2-6H3,(H,38,41). The van der Waals surface area contributed by atoms with Gasteiger partial charge in [0, 0.05) is 6.54 Å². The number of hydrogen-bond acceptors (Lipinski definition) is 3. The molecule has 1 aromatic carbocycles. The maximum Gasteiger partial charge on any atom is 0.226 e. The number of carbonyl (C=O) groups is 1. The predicted molar refractivity (Wildman–Crippen MR) is 165 cm³/mol. The molecule has 5 saturated carbocycles. The third-order valence-electron chi connectivity index (χ3n) is 14.3. The van der Waals surface area contributed by atoms with Crippen LogP contribution < -0.4 is 5.32 Å². The van der Waals surface area contributed by atoms with Crippen LogP contribution in [0, 0.1) is 57.2 Å². The molecule has 0 aromatic heterocycles. The number of nitrogens with one attached hydrogen (secondary N) is 1. The maximum atomic E-state index is 14.2. The summed E-state index contributed by atoms with van der Waals surface area (Å²) in [6.45, 7) is 17.2. The van der Waals surface area contributed by atoms with Gasteiger partial charge in [-0.1, -0.05) is 52.0 Å². The van der Waals surface area contributed by atoms with E-state index >= 15 is 0 Å². The van der Waals surface area contributed by atoms with Gasteiger partial charge in [0.15, 0.2) is 0 Å².